The normalized spacial score (nSPS) is 21.8. The Labute approximate surface area is 244 Å². The maximum Gasteiger partial charge on any atom is 0.416 e. The molecule has 10 nitrogen and oxygen atoms in total. The Morgan fingerprint density at radius 1 is 0.907 bits per heavy atom. The van der Waals surface area contributed by atoms with Gasteiger partial charge in [-0.2, -0.15) is 13.2 Å². The summed E-state index contributed by atoms with van der Waals surface area (Å²) in [6.07, 6.45) is -5.55. The van der Waals surface area contributed by atoms with Crippen LogP contribution in [0.4, 0.5) is 29.3 Å². The number of carbonyl (C=O) groups is 2. The molecule has 4 N–H and O–H groups in total. The van der Waals surface area contributed by atoms with Crippen LogP contribution in [0.3, 0.4) is 0 Å². The van der Waals surface area contributed by atoms with E-state index in [1.165, 1.54) is 12.1 Å². The molecule has 0 saturated carbocycles. The summed E-state index contributed by atoms with van der Waals surface area (Å²) < 4.78 is 61.2. The third kappa shape index (κ3) is 6.32. The quantitative estimate of drug-likeness (QED) is 0.308. The molecule has 0 radical (unpaired) electrons. The zero-order valence-corrected chi connectivity index (χ0v) is 22.6. The van der Waals surface area contributed by atoms with Gasteiger partial charge in [0.15, 0.2) is 11.5 Å². The second-order valence-electron chi connectivity index (χ2n) is 10.5. The molecule has 4 atom stereocenters. The van der Waals surface area contributed by atoms with Crippen molar-refractivity contribution in [3.05, 3.63) is 77.4 Å². The van der Waals surface area contributed by atoms with Crippen LogP contribution < -0.4 is 30.2 Å². The first-order valence-electron chi connectivity index (χ1n) is 13.6. The van der Waals surface area contributed by atoms with Gasteiger partial charge in [0, 0.05) is 29.4 Å². The molecule has 0 bridgehead atoms. The molecular weight excluding hydrogens is 571 g/mol. The molecule has 6 rings (SSSR count). The number of hydrogen-bond donors (Lipinski definition) is 4. The standard InChI is InChI=1S/C30H28F3N3O7/c31-30(32,33)17-2-4-18(5-3-17)35-29(39)36-19-6-8-23-21(10-19)22-11-20(42-26(14-37)28(22)43-23)12-27(38)34-13-16-1-7-24-25(9-16)41-15-40-24/h1-10,20,22,26,28,37H,11-15H2,(H,34,38)(H2,35,36,39)/t20-,22-,26-,28+/m1/s1. The van der Waals surface area contributed by atoms with Gasteiger partial charge in [-0.15, -0.1) is 0 Å². The Morgan fingerprint density at radius 2 is 1.63 bits per heavy atom. The second kappa shape index (κ2) is 11.7. The van der Waals surface area contributed by atoms with Gasteiger partial charge >= 0.3 is 12.2 Å². The summed E-state index contributed by atoms with van der Waals surface area (Å²) in [6.45, 7) is 0.164. The molecule has 3 heterocycles. The molecular formula is C30H28F3N3O7. The highest BCUT2D eigenvalue weighted by Crippen LogP contribution is 2.47. The first-order valence-corrected chi connectivity index (χ1v) is 13.6. The first-order chi connectivity index (χ1) is 20.7. The van der Waals surface area contributed by atoms with Crippen molar-refractivity contribution in [3.63, 3.8) is 0 Å². The molecule has 226 valence electrons. The van der Waals surface area contributed by atoms with Crippen molar-refractivity contribution in [2.75, 3.05) is 24.0 Å². The van der Waals surface area contributed by atoms with Crippen LogP contribution in [0.5, 0.6) is 17.2 Å². The van der Waals surface area contributed by atoms with E-state index < -0.39 is 36.1 Å². The van der Waals surface area contributed by atoms with Crippen LogP contribution in [-0.2, 0) is 22.3 Å². The van der Waals surface area contributed by atoms with E-state index in [4.69, 9.17) is 18.9 Å². The number of anilines is 2. The lowest BCUT2D eigenvalue weighted by Gasteiger charge is -2.37. The van der Waals surface area contributed by atoms with Gasteiger partial charge in [0.1, 0.15) is 18.0 Å². The first kappa shape index (κ1) is 28.6. The number of alkyl halides is 3. The fraction of sp³-hybridized carbons (Fsp3) is 0.333. The Kier molecular flexibility index (Phi) is 7.75. The van der Waals surface area contributed by atoms with Crippen LogP contribution in [-0.4, -0.2) is 48.8 Å². The van der Waals surface area contributed by atoms with Gasteiger partial charge in [-0.3, -0.25) is 4.79 Å². The van der Waals surface area contributed by atoms with Crippen molar-refractivity contribution in [1.29, 1.82) is 0 Å². The summed E-state index contributed by atoms with van der Waals surface area (Å²) in [5.41, 5.74) is 1.48. The number of aliphatic hydroxyl groups excluding tert-OH is 1. The van der Waals surface area contributed by atoms with Gasteiger partial charge in [-0.05, 0) is 66.6 Å². The third-order valence-electron chi connectivity index (χ3n) is 7.57. The predicted octanol–water partition coefficient (Wildman–Crippen LogP) is 4.78. The van der Waals surface area contributed by atoms with E-state index in [2.05, 4.69) is 16.0 Å². The van der Waals surface area contributed by atoms with Crippen molar-refractivity contribution < 1.29 is 46.8 Å². The zero-order valence-electron chi connectivity index (χ0n) is 22.6. The molecule has 3 aromatic carbocycles. The molecule has 0 aliphatic carbocycles. The molecule has 13 heteroatoms. The Hall–Kier alpha value is -4.49. The van der Waals surface area contributed by atoms with Gasteiger partial charge in [0.25, 0.3) is 0 Å². The van der Waals surface area contributed by atoms with Crippen molar-refractivity contribution >= 4 is 23.3 Å². The summed E-state index contributed by atoms with van der Waals surface area (Å²) in [7, 11) is 0. The highest BCUT2D eigenvalue weighted by Gasteiger charge is 2.46. The largest absolute Gasteiger partial charge is 0.487 e. The van der Waals surface area contributed by atoms with Crippen LogP contribution >= 0.6 is 0 Å². The lowest BCUT2D eigenvalue weighted by molar-refractivity contribution is -0.142. The summed E-state index contributed by atoms with van der Waals surface area (Å²) >= 11 is 0. The van der Waals surface area contributed by atoms with E-state index in [0.29, 0.717) is 35.9 Å². The van der Waals surface area contributed by atoms with E-state index in [0.717, 1.165) is 23.3 Å². The number of halogens is 3. The lowest BCUT2D eigenvalue weighted by atomic mass is 9.84. The number of nitrogens with one attached hydrogen (secondary N) is 3. The van der Waals surface area contributed by atoms with Gasteiger partial charge in [0.2, 0.25) is 12.7 Å². The fourth-order valence-electron chi connectivity index (χ4n) is 5.53. The molecule has 3 aliphatic rings. The Balaban J connectivity index is 1.07. The predicted molar refractivity (Wildman–Crippen MR) is 147 cm³/mol. The fourth-order valence-corrected chi connectivity index (χ4v) is 5.53. The Morgan fingerprint density at radius 3 is 2.40 bits per heavy atom. The average molecular weight is 600 g/mol. The minimum Gasteiger partial charge on any atom is -0.487 e. The van der Waals surface area contributed by atoms with E-state index >= 15 is 0 Å². The van der Waals surface area contributed by atoms with E-state index in [9.17, 15) is 27.9 Å². The number of benzene rings is 3. The number of amides is 3. The average Bonchev–Trinajstić information content (AvgIpc) is 3.59. The highest BCUT2D eigenvalue weighted by atomic mass is 19.4. The molecule has 1 saturated heterocycles. The highest BCUT2D eigenvalue weighted by molar-refractivity contribution is 5.99. The van der Waals surface area contributed by atoms with E-state index in [1.54, 1.807) is 24.3 Å². The van der Waals surface area contributed by atoms with Crippen molar-refractivity contribution in [2.24, 2.45) is 0 Å². The van der Waals surface area contributed by atoms with Crippen molar-refractivity contribution in [2.45, 2.75) is 49.8 Å². The number of urea groups is 1. The van der Waals surface area contributed by atoms with Crippen molar-refractivity contribution in [1.82, 2.24) is 5.32 Å². The maximum atomic E-state index is 12.8. The Bertz CT molecular complexity index is 1520. The summed E-state index contributed by atoms with van der Waals surface area (Å²) in [6, 6.07) is 14.0. The number of aliphatic hydroxyl groups is 1. The summed E-state index contributed by atoms with van der Waals surface area (Å²) in [5.74, 6) is 1.45. The lowest BCUT2D eigenvalue weighted by Crippen LogP contribution is -2.47. The molecule has 43 heavy (non-hydrogen) atoms. The molecule has 3 aromatic rings. The van der Waals surface area contributed by atoms with Gasteiger partial charge in [-0.1, -0.05) is 6.07 Å². The molecule has 1 fully saturated rings. The zero-order chi connectivity index (χ0) is 30.1. The molecule has 0 aromatic heterocycles. The van der Waals surface area contributed by atoms with Crippen LogP contribution in [0.2, 0.25) is 0 Å². The van der Waals surface area contributed by atoms with Crippen molar-refractivity contribution in [3.8, 4) is 17.2 Å². The number of hydrogen-bond acceptors (Lipinski definition) is 7. The van der Waals surface area contributed by atoms with Crippen LogP contribution in [0.15, 0.2) is 60.7 Å². The van der Waals surface area contributed by atoms with Crippen LogP contribution in [0, 0.1) is 0 Å². The van der Waals surface area contributed by atoms with Gasteiger partial charge in [-0.25, -0.2) is 4.79 Å². The number of ether oxygens (including phenoxy) is 4. The van der Waals surface area contributed by atoms with E-state index in [1.807, 2.05) is 12.1 Å². The van der Waals surface area contributed by atoms with E-state index in [-0.39, 0.29) is 37.3 Å². The molecule has 0 spiro atoms. The number of carbonyl (C=O) groups excluding carboxylic acids is 2. The summed E-state index contributed by atoms with van der Waals surface area (Å²) in [4.78, 5) is 25.3. The maximum absolute atomic E-state index is 12.8. The van der Waals surface area contributed by atoms with Gasteiger partial charge < -0.3 is 40.0 Å². The molecule has 3 amide bonds. The van der Waals surface area contributed by atoms with Gasteiger partial charge in [0.05, 0.1) is 24.7 Å². The SMILES string of the molecule is O=C(C[C@H]1C[C@@H]2c3cc(NC(=O)Nc4ccc(C(F)(F)F)cc4)ccc3O[C@@H]2[C@@H](CO)O1)NCc1ccc2c(c1)OCO2. The molecule has 0 unspecified atom stereocenters. The third-order valence-corrected chi connectivity index (χ3v) is 7.57. The van der Waals surface area contributed by atoms with Crippen LogP contribution in [0.1, 0.15) is 35.4 Å². The number of fused-ring (bicyclic) bond motifs is 4. The molecule has 3 aliphatic heterocycles. The topological polar surface area (TPSA) is 127 Å². The monoisotopic (exact) mass is 599 g/mol. The number of rotatable bonds is 7. The smallest absolute Gasteiger partial charge is 0.416 e. The summed E-state index contributed by atoms with van der Waals surface area (Å²) in [5, 5.41) is 18.1. The van der Waals surface area contributed by atoms with Crippen LogP contribution in [0.25, 0.3) is 0 Å². The minimum atomic E-state index is -4.47. The minimum absolute atomic E-state index is 0.0765. The second-order valence-corrected chi connectivity index (χ2v) is 10.5.